The van der Waals surface area contributed by atoms with Crippen LogP contribution in [0.4, 0.5) is 0 Å². The number of aliphatic carboxylic acids is 1. The van der Waals surface area contributed by atoms with Crippen molar-refractivity contribution in [3.8, 4) is 0 Å². The maximum absolute atomic E-state index is 11.8. The number of carboxylic acid groups (broad SMARTS) is 1. The van der Waals surface area contributed by atoms with Gasteiger partial charge >= 0.3 is 5.97 Å². The fourth-order valence-electron chi connectivity index (χ4n) is 7.27. The Balaban J connectivity index is 1.16. The van der Waals surface area contributed by atoms with Gasteiger partial charge in [-0.3, -0.25) is 0 Å². The van der Waals surface area contributed by atoms with E-state index in [1.165, 1.54) is 64.2 Å². The molecule has 1 atom stereocenters. The van der Waals surface area contributed by atoms with E-state index in [0.717, 1.165) is 43.6 Å². The molecule has 164 valence electrons. The average molecular weight is 405 g/mol. The molecule has 1 aliphatic heterocycles. The van der Waals surface area contributed by atoms with Crippen molar-refractivity contribution in [2.75, 3.05) is 13.2 Å². The molecule has 1 unspecified atom stereocenters. The fourth-order valence-corrected chi connectivity index (χ4v) is 7.27. The molecular formula is C25H40O4. The predicted molar refractivity (Wildman–Crippen MR) is 114 cm³/mol. The van der Waals surface area contributed by atoms with Crippen molar-refractivity contribution in [1.29, 1.82) is 0 Å². The number of ether oxygens (including phenoxy) is 2. The minimum Gasteiger partial charge on any atom is -0.501 e. The van der Waals surface area contributed by atoms with Crippen LogP contribution in [0.1, 0.15) is 96.8 Å². The van der Waals surface area contributed by atoms with Crippen LogP contribution in [-0.2, 0) is 14.3 Å². The second kappa shape index (κ2) is 8.99. The molecule has 0 aromatic rings. The van der Waals surface area contributed by atoms with E-state index in [4.69, 9.17) is 9.47 Å². The lowest BCUT2D eigenvalue weighted by atomic mass is 9.48. The molecule has 0 spiro atoms. The van der Waals surface area contributed by atoms with Gasteiger partial charge in [-0.1, -0.05) is 26.2 Å². The molecule has 5 aliphatic rings. The zero-order chi connectivity index (χ0) is 20.3. The Morgan fingerprint density at radius 3 is 2.21 bits per heavy atom. The van der Waals surface area contributed by atoms with Crippen LogP contribution < -0.4 is 0 Å². The van der Waals surface area contributed by atoms with E-state index in [9.17, 15) is 9.90 Å². The first-order chi connectivity index (χ1) is 14.0. The highest BCUT2D eigenvalue weighted by molar-refractivity contribution is 5.86. The van der Waals surface area contributed by atoms with Crippen LogP contribution in [0.5, 0.6) is 0 Å². The second-order valence-corrected chi connectivity index (χ2v) is 10.7. The van der Waals surface area contributed by atoms with Gasteiger partial charge in [0.2, 0.25) is 0 Å². The third-order valence-corrected chi connectivity index (χ3v) is 8.49. The Morgan fingerprint density at radius 1 is 1.07 bits per heavy atom. The zero-order valence-electron chi connectivity index (χ0n) is 18.3. The van der Waals surface area contributed by atoms with Crippen molar-refractivity contribution < 1.29 is 19.4 Å². The molecule has 1 N–H and O–H groups in total. The van der Waals surface area contributed by atoms with Crippen LogP contribution in [0.15, 0.2) is 11.8 Å². The van der Waals surface area contributed by atoms with Crippen LogP contribution in [0.2, 0.25) is 0 Å². The molecule has 0 amide bonds. The maximum atomic E-state index is 11.8. The van der Waals surface area contributed by atoms with Gasteiger partial charge in [0.1, 0.15) is 0 Å². The summed E-state index contributed by atoms with van der Waals surface area (Å²) in [6.07, 6.45) is 18.3. The first-order valence-electron chi connectivity index (χ1n) is 12.2. The molecule has 1 saturated heterocycles. The van der Waals surface area contributed by atoms with E-state index in [0.29, 0.717) is 18.6 Å². The van der Waals surface area contributed by atoms with E-state index >= 15 is 0 Å². The van der Waals surface area contributed by atoms with Gasteiger partial charge in [-0.05, 0) is 93.8 Å². The molecule has 29 heavy (non-hydrogen) atoms. The summed E-state index contributed by atoms with van der Waals surface area (Å²) in [5.74, 6) is 1.78. The summed E-state index contributed by atoms with van der Waals surface area (Å²) >= 11 is 0. The van der Waals surface area contributed by atoms with E-state index in [1.807, 2.05) is 0 Å². The van der Waals surface area contributed by atoms with E-state index in [2.05, 4.69) is 6.92 Å². The molecule has 4 saturated carbocycles. The van der Waals surface area contributed by atoms with Crippen molar-refractivity contribution in [1.82, 2.24) is 0 Å². The smallest absolute Gasteiger partial charge is 0.334 e. The van der Waals surface area contributed by atoms with Crippen molar-refractivity contribution >= 4 is 5.97 Å². The summed E-state index contributed by atoms with van der Waals surface area (Å²) in [5, 5.41) is 9.72. The number of hydrogen-bond donors (Lipinski definition) is 1. The number of hydrogen-bond acceptors (Lipinski definition) is 3. The lowest BCUT2D eigenvalue weighted by molar-refractivity contribution is -0.154. The summed E-state index contributed by atoms with van der Waals surface area (Å²) < 4.78 is 11.5. The molecule has 4 bridgehead atoms. The van der Waals surface area contributed by atoms with Gasteiger partial charge in [0.15, 0.2) is 0 Å². The minimum absolute atomic E-state index is 0.187. The monoisotopic (exact) mass is 404 g/mol. The van der Waals surface area contributed by atoms with Gasteiger partial charge in [-0.2, -0.15) is 0 Å². The van der Waals surface area contributed by atoms with E-state index in [1.54, 1.807) is 6.26 Å². The molecule has 4 nitrogen and oxygen atoms in total. The predicted octanol–water partition coefficient (Wildman–Crippen LogP) is 6.10. The topological polar surface area (TPSA) is 55.8 Å². The molecule has 0 radical (unpaired) electrons. The van der Waals surface area contributed by atoms with Gasteiger partial charge in [0.05, 0.1) is 30.6 Å². The summed E-state index contributed by atoms with van der Waals surface area (Å²) in [4.78, 5) is 11.8. The molecule has 0 aromatic carbocycles. The largest absolute Gasteiger partial charge is 0.501 e. The summed E-state index contributed by atoms with van der Waals surface area (Å²) in [6.45, 7) is 3.79. The van der Waals surface area contributed by atoms with Gasteiger partial charge in [0.25, 0.3) is 0 Å². The summed E-state index contributed by atoms with van der Waals surface area (Å²) in [6, 6.07) is 0. The molecular weight excluding hydrogens is 364 g/mol. The summed E-state index contributed by atoms with van der Waals surface area (Å²) in [7, 11) is 0. The highest BCUT2D eigenvalue weighted by Crippen LogP contribution is 2.62. The SMILES string of the molecule is CCC1(CCCCCCOC=C(CC23CC4CC(CC(C4)C2)C3)C(=O)O)CCO1. The van der Waals surface area contributed by atoms with Crippen LogP contribution in [0, 0.1) is 23.2 Å². The van der Waals surface area contributed by atoms with Crippen molar-refractivity contribution in [3.63, 3.8) is 0 Å². The van der Waals surface area contributed by atoms with Crippen LogP contribution in [0.3, 0.4) is 0 Å². The highest BCUT2D eigenvalue weighted by atomic mass is 16.5. The minimum atomic E-state index is -0.786. The Morgan fingerprint density at radius 2 is 1.69 bits per heavy atom. The maximum Gasteiger partial charge on any atom is 0.334 e. The van der Waals surface area contributed by atoms with Gasteiger partial charge < -0.3 is 14.6 Å². The molecule has 4 heteroatoms. The molecule has 5 fully saturated rings. The van der Waals surface area contributed by atoms with Crippen molar-refractivity contribution in [2.45, 2.75) is 102 Å². The van der Waals surface area contributed by atoms with Crippen LogP contribution >= 0.6 is 0 Å². The Kier molecular flexibility index (Phi) is 6.58. The lowest BCUT2D eigenvalue weighted by Gasteiger charge is -2.57. The van der Waals surface area contributed by atoms with Gasteiger partial charge in [-0.15, -0.1) is 0 Å². The molecule has 4 aliphatic carbocycles. The van der Waals surface area contributed by atoms with Gasteiger partial charge in [0, 0.05) is 0 Å². The molecule has 5 rings (SSSR count). The number of unbranched alkanes of at least 4 members (excludes halogenated alkanes) is 3. The molecule has 1 heterocycles. The summed E-state index contributed by atoms with van der Waals surface area (Å²) in [5.41, 5.74) is 0.938. The number of carboxylic acids is 1. The van der Waals surface area contributed by atoms with Crippen molar-refractivity contribution in [3.05, 3.63) is 11.8 Å². The number of rotatable bonds is 12. The average Bonchev–Trinajstić information content (AvgIpc) is 2.63. The van der Waals surface area contributed by atoms with E-state index < -0.39 is 5.97 Å². The normalized spacial score (nSPS) is 38.1. The highest BCUT2D eigenvalue weighted by Gasteiger charge is 2.51. The number of carbonyl (C=O) groups is 1. The van der Waals surface area contributed by atoms with Gasteiger partial charge in [-0.25, -0.2) is 4.79 Å². The van der Waals surface area contributed by atoms with Crippen LogP contribution in [0.25, 0.3) is 0 Å². The third kappa shape index (κ3) is 5.00. The Bertz CT molecular complexity index is 563. The first-order valence-corrected chi connectivity index (χ1v) is 12.2. The second-order valence-electron chi connectivity index (χ2n) is 10.7. The lowest BCUT2D eigenvalue weighted by Crippen LogP contribution is -2.46. The van der Waals surface area contributed by atoms with Crippen LogP contribution in [-0.4, -0.2) is 29.9 Å². The quantitative estimate of drug-likeness (QED) is 0.243. The Labute approximate surface area is 176 Å². The first kappa shape index (κ1) is 21.2. The third-order valence-electron chi connectivity index (χ3n) is 8.49. The zero-order valence-corrected chi connectivity index (χ0v) is 18.3. The standard InChI is InChI=1S/C25H40O4/c1-2-25(8-10-29-25)7-5-3-4-6-9-28-18-22(23(26)27)17-24-14-19-11-20(15-24)13-21(12-19)16-24/h18-21H,2-17H2,1H3,(H,26,27). The Hall–Kier alpha value is -1.03. The van der Waals surface area contributed by atoms with E-state index in [-0.39, 0.29) is 11.0 Å². The molecule has 0 aromatic heterocycles. The fraction of sp³-hybridized carbons (Fsp3) is 0.880. The van der Waals surface area contributed by atoms with Crippen molar-refractivity contribution in [2.24, 2.45) is 23.2 Å².